The third-order valence-corrected chi connectivity index (χ3v) is 4.30. The van der Waals surface area contributed by atoms with Crippen LogP contribution in [0.1, 0.15) is 38.3 Å². The molecule has 2 saturated heterocycles. The van der Waals surface area contributed by atoms with E-state index in [4.69, 9.17) is 9.47 Å². The zero-order valence-electron chi connectivity index (χ0n) is 13.6. The maximum atomic E-state index is 5.78. The molecule has 1 N–H and O–H groups in total. The molecule has 1 aromatic heterocycles. The maximum absolute atomic E-state index is 5.78. The highest BCUT2D eigenvalue weighted by Crippen LogP contribution is 2.32. The Morgan fingerprint density at radius 1 is 1.23 bits per heavy atom. The summed E-state index contributed by atoms with van der Waals surface area (Å²) in [5.41, 5.74) is 0.998. The van der Waals surface area contributed by atoms with E-state index in [-0.39, 0.29) is 5.79 Å². The Kier molecular flexibility index (Phi) is 4.78. The van der Waals surface area contributed by atoms with Gasteiger partial charge in [-0.05, 0) is 13.3 Å². The Morgan fingerprint density at radius 3 is 2.64 bits per heavy atom. The molecule has 3 heterocycles. The third kappa shape index (κ3) is 3.50. The number of unbranched alkanes of at least 4 members (excludes halogenated alkanes) is 1. The van der Waals surface area contributed by atoms with Crippen molar-refractivity contribution in [3.63, 3.8) is 0 Å². The fraction of sp³-hybridized carbons (Fsp3) is 0.750. The molecule has 1 spiro atoms. The van der Waals surface area contributed by atoms with Gasteiger partial charge in [0.25, 0.3) is 0 Å². The molecule has 1 aromatic rings. The summed E-state index contributed by atoms with van der Waals surface area (Å²) in [6.07, 6.45) is 4.09. The molecule has 0 amide bonds. The summed E-state index contributed by atoms with van der Waals surface area (Å²) in [5, 5.41) is 3.39. The van der Waals surface area contributed by atoms with Crippen molar-refractivity contribution in [3.8, 4) is 0 Å². The van der Waals surface area contributed by atoms with Crippen LogP contribution in [0, 0.1) is 6.92 Å². The van der Waals surface area contributed by atoms with Gasteiger partial charge in [-0.15, -0.1) is 0 Å². The van der Waals surface area contributed by atoms with Crippen LogP contribution in [0.15, 0.2) is 6.07 Å². The smallest absolute Gasteiger partial charge is 0.227 e. The first kappa shape index (κ1) is 15.5. The molecule has 0 unspecified atom stereocenters. The Bertz CT molecular complexity index is 493. The molecule has 2 aliphatic heterocycles. The van der Waals surface area contributed by atoms with Crippen molar-refractivity contribution in [2.75, 3.05) is 43.1 Å². The number of anilines is 2. The molecule has 6 heteroatoms. The molecule has 0 atom stereocenters. The molecule has 2 aliphatic rings. The number of nitrogens with one attached hydrogen (secondary N) is 1. The second-order valence-electron chi connectivity index (χ2n) is 6.07. The fourth-order valence-corrected chi connectivity index (χ4v) is 3.01. The highest BCUT2D eigenvalue weighted by atomic mass is 16.7. The number of nitrogens with zero attached hydrogens (tertiary/aromatic N) is 3. The van der Waals surface area contributed by atoms with Gasteiger partial charge < -0.3 is 19.7 Å². The van der Waals surface area contributed by atoms with Gasteiger partial charge in [-0.1, -0.05) is 13.3 Å². The van der Waals surface area contributed by atoms with E-state index >= 15 is 0 Å². The van der Waals surface area contributed by atoms with Gasteiger partial charge >= 0.3 is 0 Å². The first-order valence-corrected chi connectivity index (χ1v) is 8.33. The topological polar surface area (TPSA) is 59.5 Å². The second-order valence-corrected chi connectivity index (χ2v) is 6.07. The normalized spacial score (nSPS) is 20.5. The van der Waals surface area contributed by atoms with Gasteiger partial charge in [0.2, 0.25) is 5.95 Å². The molecule has 0 saturated carbocycles. The molecule has 122 valence electrons. The van der Waals surface area contributed by atoms with Gasteiger partial charge in [-0.2, -0.15) is 4.98 Å². The number of hydrogen-bond donors (Lipinski definition) is 1. The van der Waals surface area contributed by atoms with Crippen molar-refractivity contribution in [1.29, 1.82) is 0 Å². The van der Waals surface area contributed by atoms with Crippen molar-refractivity contribution in [2.24, 2.45) is 0 Å². The van der Waals surface area contributed by atoms with Crippen LogP contribution in [0.3, 0.4) is 0 Å². The van der Waals surface area contributed by atoms with E-state index in [0.29, 0.717) is 13.2 Å². The van der Waals surface area contributed by atoms with Gasteiger partial charge in [-0.25, -0.2) is 4.98 Å². The van der Waals surface area contributed by atoms with E-state index in [0.717, 1.165) is 56.4 Å². The Morgan fingerprint density at radius 2 is 1.95 bits per heavy atom. The molecule has 0 aliphatic carbocycles. The minimum Gasteiger partial charge on any atom is -0.370 e. The molecule has 0 aromatic carbocycles. The monoisotopic (exact) mass is 306 g/mol. The molecule has 2 fully saturated rings. The van der Waals surface area contributed by atoms with E-state index < -0.39 is 0 Å². The predicted octanol–water partition coefficient (Wildman–Crippen LogP) is 2.34. The van der Waals surface area contributed by atoms with Crippen LogP contribution in [-0.2, 0) is 9.47 Å². The van der Waals surface area contributed by atoms with Crippen molar-refractivity contribution in [1.82, 2.24) is 9.97 Å². The van der Waals surface area contributed by atoms with Crippen molar-refractivity contribution in [2.45, 2.75) is 45.3 Å². The van der Waals surface area contributed by atoms with Crippen LogP contribution in [0.2, 0.25) is 0 Å². The lowest BCUT2D eigenvalue weighted by Gasteiger charge is -2.37. The summed E-state index contributed by atoms with van der Waals surface area (Å²) >= 11 is 0. The van der Waals surface area contributed by atoms with Crippen LogP contribution in [0.25, 0.3) is 0 Å². The van der Waals surface area contributed by atoms with Crippen LogP contribution in [-0.4, -0.2) is 48.6 Å². The average Bonchev–Trinajstić information content (AvgIpc) is 2.96. The Hall–Kier alpha value is -1.40. The summed E-state index contributed by atoms with van der Waals surface area (Å²) in [6, 6.07) is 2.01. The standard InChI is InChI=1S/C16H26N4O2/c1-3-4-7-17-14-12-13(2)18-15(19-14)20-8-5-16(6-9-20)21-10-11-22-16/h12H,3-11H2,1-2H3,(H,17,18,19). The highest BCUT2D eigenvalue weighted by molar-refractivity contribution is 5.44. The minimum atomic E-state index is -0.345. The van der Waals surface area contributed by atoms with E-state index in [1.807, 2.05) is 13.0 Å². The number of rotatable bonds is 5. The molecule has 3 rings (SSSR count). The van der Waals surface area contributed by atoms with E-state index in [9.17, 15) is 0 Å². The quantitative estimate of drug-likeness (QED) is 0.843. The second kappa shape index (κ2) is 6.79. The summed E-state index contributed by atoms with van der Waals surface area (Å²) in [7, 11) is 0. The number of piperidine rings is 1. The lowest BCUT2D eigenvalue weighted by atomic mass is 10.0. The highest BCUT2D eigenvalue weighted by Gasteiger charge is 2.40. The minimum absolute atomic E-state index is 0.345. The Balaban J connectivity index is 1.64. The first-order chi connectivity index (χ1) is 10.7. The van der Waals surface area contributed by atoms with Crippen LogP contribution in [0.5, 0.6) is 0 Å². The molecule has 6 nitrogen and oxygen atoms in total. The van der Waals surface area contributed by atoms with Gasteiger partial charge in [0.05, 0.1) is 13.2 Å². The zero-order chi connectivity index (χ0) is 15.4. The SMILES string of the molecule is CCCCNc1cc(C)nc(N2CCC3(CC2)OCCO3)n1. The number of hydrogen-bond acceptors (Lipinski definition) is 6. The molecule has 22 heavy (non-hydrogen) atoms. The first-order valence-electron chi connectivity index (χ1n) is 8.33. The predicted molar refractivity (Wildman–Crippen MR) is 86.2 cm³/mol. The van der Waals surface area contributed by atoms with Crippen molar-refractivity contribution in [3.05, 3.63) is 11.8 Å². The van der Waals surface area contributed by atoms with Crippen LogP contribution >= 0.6 is 0 Å². The van der Waals surface area contributed by atoms with E-state index in [2.05, 4.69) is 27.1 Å². The summed E-state index contributed by atoms with van der Waals surface area (Å²) in [4.78, 5) is 11.5. The molecule has 0 bridgehead atoms. The lowest BCUT2D eigenvalue weighted by molar-refractivity contribution is -0.169. The fourth-order valence-electron chi connectivity index (χ4n) is 3.01. The van der Waals surface area contributed by atoms with Crippen LogP contribution < -0.4 is 10.2 Å². The molecular formula is C16H26N4O2. The van der Waals surface area contributed by atoms with Gasteiger partial charge in [-0.3, -0.25) is 0 Å². The number of aryl methyl sites for hydroxylation is 1. The number of ether oxygens (including phenoxy) is 2. The van der Waals surface area contributed by atoms with Crippen molar-refractivity contribution < 1.29 is 9.47 Å². The Labute approximate surface area is 132 Å². The van der Waals surface area contributed by atoms with Crippen molar-refractivity contribution >= 4 is 11.8 Å². The van der Waals surface area contributed by atoms with Gasteiger partial charge in [0, 0.05) is 44.2 Å². The summed E-state index contributed by atoms with van der Waals surface area (Å²) in [5.74, 6) is 1.39. The molecule has 0 radical (unpaired) electrons. The third-order valence-electron chi connectivity index (χ3n) is 4.30. The number of aromatic nitrogens is 2. The molecular weight excluding hydrogens is 280 g/mol. The van der Waals surface area contributed by atoms with Crippen LogP contribution in [0.4, 0.5) is 11.8 Å². The van der Waals surface area contributed by atoms with Gasteiger partial charge in [0.15, 0.2) is 5.79 Å². The maximum Gasteiger partial charge on any atom is 0.227 e. The van der Waals surface area contributed by atoms with E-state index in [1.54, 1.807) is 0 Å². The van der Waals surface area contributed by atoms with E-state index in [1.165, 1.54) is 6.42 Å². The zero-order valence-corrected chi connectivity index (χ0v) is 13.6. The summed E-state index contributed by atoms with van der Waals surface area (Å²) < 4.78 is 11.6. The lowest BCUT2D eigenvalue weighted by Crippen LogP contribution is -2.45. The largest absolute Gasteiger partial charge is 0.370 e. The average molecular weight is 306 g/mol. The van der Waals surface area contributed by atoms with Gasteiger partial charge in [0.1, 0.15) is 5.82 Å². The summed E-state index contributed by atoms with van der Waals surface area (Å²) in [6.45, 7) is 8.34.